The number of benzene rings is 2. The van der Waals surface area contributed by atoms with Crippen molar-refractivity contribution in [2.45, 2.75) is 6.04 Å². The van der Waals surface area contributed by atoms with Crippen molar-refractivity contribution < 1.29 is 33.8 Å². The Morgan fingerprint density at radius 1 is 1.00 bits per heavy atom. The molecule has 0 aliphatic carbocycles. The summed E-state index contributed by atoms with van der Waals surface area (Å²) in [7, 11) is 8.37. The number of likely N-dealkylation sites (N-methyl/N-ethyl adjacent to an activating group) is 1. The molecule has 0 radical (unpaired) electrons. The van der Waals surface area contributed by atoms with Gasteiger partial charge < -0.3 is 29.1 Å². The van der Waals surface area contributed by atoms with E-state index in [1.165, 1.54) is 38.4 Å². The molecule has 1 unspecified atom stereocenters. The molecule has 2 aromatic rings. The molecule has 1 heterocycles. The summed E-state index contributed by atoms with van der Waals surface area (Å²) in [6.07, 6.45) is 0. The van der Waals surface area contributed by atoms with Crippen molar-refractivity contribution in [2.75, 3.05) is 48.5 Å². The number of amides is 1. The zero-order valence-electron chi connectivity index (χ0n) is 19.2. The van der Waals surface area contributed by atoms with E-state index in [1.807, 2.05) is 14.1 Å². The number of nitrogens with zero attached hydrogens (tertiary/aromatic N) is 1. The van der Waals surface area contributed by atoms with Gasteiger partial charge in [-0.05, 0) is 35.4 Å². The summed E-state index contributed by atoms with van der Waals surface area (Å²) in [6.45, 7) is 0.894. The second-order valence-corrected chi connectivity index (χ2v) is 8.30. The van der Waals surface area contributed by atoms with Crippen LogP contribution in [0.3, 0.4) is 0 Å². The van der Waals surface area contributed by atoms with E-state index in [2.05, 4.69) is 0 Å². The summed E-state index contributed by atoms with van der Waals surface area (Å²) in [5.41, 5.74) is 0.647. The van der Waals surface area contributed by atoms with E-state index in [0.717, 1.165) is 4.90 Å². The Kier molecular flexibility index (Phi) is 7.50. The van der Waals surface area contributed by atoms with Crippen LogP contribution in [-0.4, -0.2) is 65.1 Å². The average Bonchev–Trinajstić information content (AvgIpc) is 3.06. The van der Waals surface area contributed by atoms with E-state index < -0.39 is 23.5 Å². The van der Waals surface area contributed by atoms with E-state index in [0.29, 0.717) is 35.9 Å². The van der Waals surface area contributed by atoms with Gasteiger partial charge in [0.25, 0.3) is 5.91 Å². The van der Waals surface area contributed by atoms with Gasteiger partial charge in [-0.2, -0.15) is 0 Å². The van der Waals surface area contributed by atoms with Crippen LogP contribution in [0.2, 0.25) is 5.02 Å². The van der Waals surface area contributed by atoms with E-state index in [9.17, 15) is 14.7 Å². The maximum absolute atomic E-state index is 13.5. The Morgan fingerprint density at radius 2 is 1.64 bits per heavy atom. The highest BCUT2D eigenvalue weighted by Crippen LogP contribution is 2.41. The fourth-order valence-electron chi connectivity index (χ4n) is 3.78. The molecule has 33 heavy (non-hydrogen) atoms. The van der Waals surface area contributed by atoms with Gasteiger partial charge in [-0.3, -0.25) is 9.59 Å². The molecule has 176 valence electrons. The number of carbonyl (C=O) groups is 2. The first kappa shape index (κ1) is 24.4. The number of rotatable bonds is 8. The van der Waals surface area contributed by atoms with E-state index >= 15 is 0 Å². The monoisotopic (exact) mass is 474 g/mol. The van der Waals surface area contributed by atoms with Crippen LogP contribution in [-0.2, 0) is 9.59 Å². The van der Waals surface area contributed by atoms with Crippen molar-refractivity contribution in [2.24, 2.45) is 0 Å². The lowest BCUT2D eigenvalue weighted by Crippen LogP contribution is -3.06. The Balaban J connectivity index is 2.19. The molecule has 9 heteroatoms. The van der Waals surface area contributed by atoms with Gasteiger partial charge >= 0.3 is 0 Å². The average molecular weight is 475 g/mol. The molecule has 1 atom stereocenters. The van der Waals surface area contributed by atoms with Gasteiger partial charge in [-0.1, -0.05) is 29.5 Å². The lowest BCUT2D eigenvalue weighted by molar-refractivity contribution is -0.857. The third-order valence-electron chi connectivity index (χ3n) is 5.52. The molecule has 1 amide bonds. The molecule has 1 aliphatic rings. The highest BCUT2D eigenvalue weighted by atomic mass is 35.5. The second-order valence-electron chi connectivity index (χ2n) is 7.89. The minimum absolute atomic E-state index is 0.123. The third-order valence-corrected chi connectivity index (χ3v) is 5.81. The van der Waals surface area contributed by atoms with Gasteiger partial charge in [-0.15, -0.1) is 0 Å². The highest BCUT2D eigenvalue weighted by molar-refractivity contribution is 6.46. The maximum atomic E-state index is 13.5. The van der Waals surface area contributed by atoms with Crippen LogP contribution in [0.5, 0.6) is 17.2 Å². The molecule has 0 saturated carbocycles. The number of Topliss-reactive ketones (excluding diaryl/α,β-unsaturated/α-hetero) is 1. The standard InChI is InChI=1S/C24H27ClN2O6/c1-26(2)10-11-27-21(14-6-9-18(32-4)19(13-14)33-5)20(23(29)24(27)30)22(28)15-7-8-17(31-3)16(25)12-15/h6-9,12-13,21,28H,10-11H2,1-5H3/b22-20+. The normalized spacial score (nSPS) is 17.5. The van der Waals surface area contributed by atoms with Gasteiger partial charge in [0, 0.05) is 5.57 Å². The first-order chi connectivity index (χ1) is 15.7. The second kappa shape index (κ2) is 10.1. The molecule has 0 bridgehead atoms. The van der Waals surface area contributed by atoms with Crippen LogP contribution >= 0.6 is 11.6 Å². The Morgan fingerprint density at radius 3 is 2.21 bits per heavy atom. The number of likely N-dealkylation sites (tertiary alicyclic amines) is 1. The Bertz CT molecular complexity index is 1100. The molecule has 1 N–H and O–H groups in total. The van der Waals surface area contributed by atoms with Crippen molar-refractivity contribution in [3.8, 4) is 17.2 Å². The van der Waals surface area contributed by atoms with Crippen LogP contribution in [0.1, 0.15) is 17.2 Å². The summed E-state index contributed by atoms with van der Waals surface area (Å²) < 4.78 is 15.9. The molecule has 3 rings (SSSR count). The molecular formula is C24H27ClN2O6. The van der Waals surface area contributed by atoms with E-state index in [-0.39, 0.29) is 16.2 Å². The summed E-state index contributed by atoms with van der Waals surface area (Å²) in [5.74, 6) is -0.758. The molecule has 0 aromatic heterocycles. The van der Waals surface area contributed by atoms with E-state index in [4.69, 9.17) is 25.8 Å². The fourth-order valence-corrected chi connectivity index (χ4v) is 4.04. The molecule has 8 nitrogen and oxygen atoms in total. The lowest BCUT2D eigenvalue weighted by Gasteiger charge is -2.28. The number of halogens is 1. The van der Waals surface area contributed by atoms with Gasteiger partial charge in [-0.25, -0.2) is 0 Å². The van der Waals surface area contributed by atoms with Crippen LogP contribution in [0.25, 0.3) is 5.76 Å². The largest absolute Gasteiger partial charge is 0.872 e. The number of quaternary nitrogens is 1. The van der Waals surface area contributed by atoms with Crippen LogP contribution < -0.4 is 24.2 Å². The summed E-state index contributed by atoms with van der Waals surface area (Å²) in [6, 6.07) is 8.74. The van der Waals surface area contributed by atoms with Crippen molar-refractivity contribution in [3.05, 3.63) is 58.1 Å². The SMILES string of the molecule is COc1ccc(/C([O-])=C2\C(=O)C(=O)N(CC[NH+](C)C)C2c2ccc(OC)c(OC)c2)cc1Cl. The van der Waals surface area contributed by atoms with Gasteiger partial charge in [0.2, 0.25) is 5.78 Å². The topological polar surface area (TPSA) is 92.6 Å². The first-order valence-corrected chi connectivity index (χ1v) is 10.7. The quantitative estimate of drug-likeness (QED) is 0.344. The maximum Gasteiger partial charge on any atom is 0.295 e. The molecule has 2 aromatic carbocycles. The fraction of sp³-hybridized carbons (Fsp3) is 0.333. The van der Waals surface area contributed by atoms with Gasteiger partial charge in [0.15, 0.2) is 11.5 Å². The lowest BCUT2D eigenvalue weighted by atomic mass is 9.95. The van der Waals surface area contributed by atoms with Crippen molar-refractivity contribution in [1.82, 2.24) is 4.90 Å². The predicted molar refractivity (Wildman–Crippen MR) is 122 cm³/mol. The molecule has 1 fully saturated rings. The number of ketones is 1. The minimum Gasteiger partial charge on any atom is -0.872 e. The molecule has 0 spiro atoms. The summed E-state index contributed by atoms with van der Waals surface area (Å²) >= 11 is 6.20. The smallest absolute Gasteiger partial charge is 0.295 e. The minimum atomic E-state index is -0.863. The van der Waals surface area contributed by atoms with Crippen LogP contribution in [0.15, 0.2) is 42.0 Å². The number of hydrogen-bond donors (Lipinski definition) is 1. The van der Waals surface area contributed by atoms with Crippen molar-refractivity contribution >= 4 is 29.1 Å². The van der Waals surface area contributed by atoms with Crippen LogP contribution in [0, 0.1) is 0 Å². The summed E-state index contributed by atoms with van der Waals surface area (Å²) in [5, 5.41) is 13.7. The van der Waals surface area contributed by atoms with Crippen molar-refractivity contribution in [3.63, 3.8) is 0 Å². The van der Waals surface area contributed by atoms with E-state index in [1.54, 1.807) is 24.3 Å². The number of hydrogen-bond acceptors (Lipinski definition) is 6. The predicted octanol–water partition coefficient (Wildman–Crippen LogP) is 0.734. The zero-order valence-corrected chi connectivity index (χ0v) is 20.0. The zero-order chi connectivity index (χ0) is 24.3. The van der Waals surface area contributed by atoms with Crippen molar-refractivity contribution in [1.29, 1.82) is 0 Å². The van der Waals surface area contributed by atoms with Gasteiger partial charge in [0.1, 0.15) is 5.75 Å². The number of carbonyl (C=O) groups excluding carboxylic acids is 2. The van der Waals surface area contributed by atoms with Gasteiger partial charge in [0.05, 0.1) is 59.6 Å². The molecule has 1 saturated heterocycles. The van der Waals surface area contributed by atoms with Crippen LogP contribution in [0.4, 0.5) is 0 Å². The first-order valence-electron chi connectivity index (χ1n) is 10.3. The molecule has 1 aliphatic heterocycles. The highest BCUT2D eigenvalue weighted by Gasteiger charge is 2.44. The number of ether oxygens (including phenoxy) is 3. The Labute approximate surface area is 197 Å². The number of methoxy groups -OCH3 is 3. The summed E-state index contributed by atoms with van der Waals surface area (Å²) in [4.78, 5) is 28.6. The number of nitrogens with one attached hydrogen (secondary N) is 1. The molecular weight excluding hydrogens is 448 g/mol. The third kappa shape index (κ3) is 4.77. The Hall–Kier alpha value is -3.23.